The van der Waals surface area contributed by atoms with Crippen LogP contribution in [0.4, 0.5) is 4.79 Å². The van der Waals surface area contributed by atoms with Crippen molar-refractivity contribution in [2.45, 2.75) is 6.42 Å². The number of nitrogens with zero attached hydrogens (tertiary/aromatic N) is 1. The van der Waals surface area contributed by atoms with E-state index in [4.69, 9.17) is 4.74 Å². The minimum absolute atomic E-state index is 0.185. The minimum atomic E-state index is -0.185. The summed E-state index contributed by atoms with van der Waals surface area (Å²) in [4.78, 5) is 15.6. The van der Waals surface area contributed by atoms with Gasteiger partial charge in [-0.05, 0) is 30.2 Å². The summed E-state index contributed by atoms with van der Waals surface area (Å²) in [6.07, 6.45) is 4.30. The Morgan fingerprint density at radius 3 is 2.62 bits per heavy atom. The van der Waals surface area contributed by atoms with Crippen LogP contribution in [0.3, 0.4) is 0 Å². The third kappa shape index (κ3) is 5.95. The number of benzene rings is 1. The first-order valence-corrected chi connectivity index (χ1v) is 6.93. The van der Waals surface area contributed by atoms with Crippen LogP contribution in [0.15, 0.2) is 54.9 Å². The van der Waals surface area contributed by atoms with Crippen molar-refractivity contribution < 1.29 is 9.53 Å². The first-order chi connectivity index (χ1) is 10.3. The lowest BCUT2D eigenvalue weighted by atomic mass is 10.2. The Balaban J connectivity index is 1.54. The molecule has 0 aliphatic carbocycles. The van der Waals surface area contributed by atoms with Crippen molar-refractivity contribution in [3.8, 4) is 5.75 Å². The second-order valence-electron chi connectivity index (χ2n) is 4.46. The van der Waals surface area contributed by atoms with Crippen molar-refractivity contribution in [3.05, 3.63) is 60.4 Å². The SMILES string of the molecule is O=C(NCCOc1ccccc1)NCCc1cccnc1. The lowest BCUT2D eigenvalue weighted by molar-refractivity contribution is 0.236. The van der Waals surface area contributed by atoms with Gasteiger partial charge in [0.2, 0.25) is 0 Å². The summed E-state index contributed by atoms with van der Waals surface area (Å²) in [6.45, 7) is 1.49. The van der Waals surface area contributed by atoms with Crippen molar-refractivity contribution in [3.63, 3.8) is 0 Å². The highest BCUT2D eigenvalue weighted by Crippen LogP contribution is 2.07. The number of hydrogen-bond acceptors (Lipinski definition) is 3. The summed E-state index contributed by atoms with van der Waals surface area (Å²) in [5, 5.41) is 5.54. The van der Waals surface area contributed by atoms with E-state index < -0.39 is 0 Å². The first-order valence-electron chi connectivity index (χ1n) is 6.93. The predicted molar refractivity (Wildman–Crippen MR) is 81.3 cm³/mol. The molecule has 0 bridgehead atoms. The van der Waals surface area contributed by atoms with Crippen LogP contribution in [-0.4, -0.2) is 30.7 Å². The third-order valence-corrected chi connectivity index (χ3v) is 2.82. The van der Waals surface area contributed by atoms with Gasteiger partial charge in [0.25, 0.3) is 0 Å². The van der Waals surface area contributed by atoms with Gasteiger partial charge in [-0.25, -0.2) is 4.79 Å². The Hall–Kier alpha value is -2.56. The zero-order valence-corrected chi connectivity index (χ0v) is 11.8. The van der Waals surface area contributed by atoms with E-state index in [0.717, 1.165) is 17.7 Å². The normalized spacial score (nSPS) is 9.90. The molecular weight excluding hydrogens is 266 g/mol. The third-order valence-electron chi connectivity index (χ3n) is 2.82. The van der Waals surface area contributed by atoms with Gasteiger partial charge in [-0.2, -0.15) is 0 Å². The fraction of sp³-hybridized carbons (Fsp3) is 0.250. The van der Waals surface area contributed by atoms with Gasteiger partial charge < -0.3 is 15.4 Å². The Labute approximate surface area is 124 Å². The smallest absolute Gasteiger partial charge is 0.314 e. The van der Waals surface area contributed by atoms with Gasteiger partial charge in [0.15, 0.2) is 0 Å². The second-order valence-corrected chi connectivity index (χ2v) is 4.46. The zero-order valence-electron chi connectivity index (χ0n) is 11.8. The lowest BCUT2D eigenvalue weighted by Gasteiger charge is -2.09. The molecule has 5 nitrogen and oxygen atoms in total. The Bertz CT molecular complexity index is 532. The number of pyridine rings is 1. The van der Waals surface area contributed by atoms with Crippen LogP contribution >= 0.6 is 0 Å². The number of nitrogens with one attached hydrogen (secondary N) is 2. The molecular formula is C16H19N3O2. The number of carbonyl (C=O) groups is 1. The van der Waals surface area contributed by atoms with Gasteiger partial charge in [0.1, 0.15) is 12.4 Å². The number of carbonyl (C=O) groups excluding carboxylic acids is 1. The van der Waals surface area contributed by atoms with E-state index in [1.54, 1.807) is 12.4 Å². The highest BCUT2D eigenvalue weighted by molar-refractivity contribution is 5.73. The standard InChI is InChI=1S/C16H19N3O2/c20-16(18-10-8-14-5-4-9-17-13-14)19-11-12-21-15-6-2-1-3-7-15/h1-7,9,13H,8,10-12H2,(H2,18,19,20). The molecule has 0 radical (unpaired) electrons. The van der Waals surface area contributed by atoms with Gasteiger partial charge in [0, 0.05) is 18.9 Å². The van der Waals surface area contributed by atoms with Crippen LogP contribution in [-0.2, 0) is 6.42 Å². The molecule has 2 aromatic rings. The summed E-state index contributed by atoms with van der Waals surface area (Å²) in [5.41, 5.74) is 1.10. The number of aromatic nitrogens is 1. The minimum Gasteiger partial charge on any atom is -0.492 e. The van der Waals surface area contributed by atoms with Crippen LogP contribution in [0.5, 0.6) is 5.75 Å². The topological polar surface area (TPSA) is 63.2 Å². The average Bonchev–Trinajstić information content (AvgIpc) is 2.54. The van der Waals surface area contributed by atoms with Crippen molar-refractivity contribution >= 4 is 6.03 Å². The first kappa shape index (κ1) is 14.8. The van der Waals surface area contributed by atoms with Crippen molar-refractivity contribution in [1.29, 1.82) is 0 Å². The Morgan fingerprint density at radius 1 is 1.05 bits per heavy atom. The zero-order chi connectivity index (χ0) is 14.8. The molecule has 1 aromatic carbocycles. The van der Waals surface area contributed by atoms with E-state index in [-0.39, 0.29) is 6.03 Å². The number of para-hydroxylation sites is 1. The molecule has 1 heterocycles. The number of ether oxygens (including phenoxy) is 1. The summed E-state index contributed by atoms with van der Waals surface area (Å²) in [6, 6.07) is 13.2. The summed E-state index contributed by atoms with van der Waals surface area (Å²) < 4.78 is 5.48. The van der Waals surface area contributed by atoms with Gasteiger partial charge in [0.05, 0.1) is 6.54 Å². The molecule has 0 saturated carbocycles. The van der Waals surface area contributed by atoms with Gasteiger partial charge in [-0.3, -0.25) is 4.98 Å². The van der Waals surface area contributed by atoms with Crippen molar-refractivity contribution in [1.82, 2.24) is 15.6 Å². The average molecular weight is 285 g/mol. The van der Waals surface area contributed by atoms with E-state index in [0.29, 0.717) is 19.7 Å². The molecule has 0 unspecified atom stereocenters. The molecule has 2 N–H and O–H groups in total. The van der Waals surface area contributed by atoms with E-state index in [1.165, 1.54) is 0 Å². The Morgan fingerprint density at radius 2 is 1.86 bits per heavy atom. The molecule has 110 valence electrons. The molecule has 0 aliphatic heterocycles. The molecule has 2 amide bonds. The molecule has 0 aliphatic rings. The monoisotopic (exact) mass is 285 g/mol. The van der Waals surface area contributed by atoms with E-state index in [2.05, 4.69) is 15.6 Å². The van der Waals surface area contributed by atoms with Gasteiger partial charge in [-0.1, -0.05) is 24.3 Å². The maximum absolute atomic E-state index is 11.6. The van der Waals surface area contributed by atoms with E-state index in [9.17, 15) is 4.79 Å². The molecule has 21 heavy (non-hydrogen) atoms. The molecule has 0 spiro atoms. The molecule has 0 fully saturated rings. The van der Waals surface area contributed by atoms with E-state index >= 15 is 0 Å². The van der Waals surface area contributed by atoms with Crippen LogP contribution < -0.4 is 15.4 Å². The molecule has 0 saturated heterocycles. The summed E-state index contributed by atoms with van der Waals surface area (Å²) >= 11 is 0. The molecule has 5 heteroatoms. The Kier molecular flexibility index (Phi) is 6.06. The van der Waals surface area contributed by atoms with Crippen molar-refractivity contribution in [2.24, 2.45) is 0 Å². The highest BCUT2D eigenvalue weighted by atomic mass is 16.5. The fourth-order valence-electron chi connectivity index (χ4n) is 1.78. The summed E-state index contributed by atoms with van der Waals surface area (Å²) in [7, 11) is 0. The molecule has 2 rings (SSSR count). The number of hydrogen-bond donors (Lipinski definition) is 2. The number of rotatable bonds is 7. The van der Waals surface area contributed by atoms with Crippen LogP contribution in [0.25, 0.3) is 0 Å². The van der Waals surface area contributed by atoms with Gasteiger partial charge in [-0.15, -0.1) is 0 Å². The fourth-order valence-corrected chi connectivity index (χ4v) is 1.78. The maximum atomic E-state index is 11.6. The molecule has 1 aromatic heterocycles. The number of urea groups is 1. The van der Waals surface area contributed by atoms with Crippen LogP contribution in [0, 0.1) is 0 Å². The van der Waals surface area contributed by atoms with Gasteiger partial charge >= 0.3 is 6.03 Å². The van der Waals surface area contributed by atoms with Crippen LogP contribution in [0.2, 0.25) is 0 Å². The predicted octanol–water partition coefficient (Wildman–Crippen LogP) is 2.00. The quantitative estimate of drug-likeness (QED) is 0.765. The largest absolute Gasteiger partial charge is 0.492 e. The highest BCUT2D eigenvalue weighted by Gasteiger charge is 1.99. The van der Waals surface area contributed by atoms with E-state index in [1.807, 2.05) is 42.5 Å². The molecule has 0 atom stereocenters. The lowest BCUT2D eigenvalue weighted by Crippen LogP contribution is -2.38. The maximum Gasteiger partial charge on any atom is 0.314 e. The summed E-state index contributed by atoms with van der Waals surface area (Å²) in [5.74, 6) is 0.802. The van der Waals surface area contributed by atoms with Crippen LogP contribution in [0.1, 0.15) is 5.56 Å². The second kappa shape index (κ2) is 8.58. The van der Waals surface area contributed by atoms with Crippen molar-refractivity contribution in [2.75, 3.05) is 19.7 Å². The number of amides is 2.